The lowest BCUT2D eigenvalue weighted by Gasteiger charge is -2.10. The van der Waals surface area contributed by atoms with Crippen molar-refractivity contribution >= 4 is 17.0 Å². The zero-order chi connectivity index (χ0) is 13.3. The Balaban J connectivity index is 2.25. The minimum absolute atomic E-state index is 0.0994. The fourth-order valence-corrected chi connectivity index (χ4v) is 1.78. The smallest absolute Gasteiger partial charge is 0.416 e. The van der Waals surface area contributed by atoms with Crippen molar-refractivity contribution in [1.82, 2.24) is 10.2 Å². The number of rotatable bonds is 2. The van der Waals surface area contributed by atoms with Gasteiger partial charge in [-0.15, -0.1) is 5.10 Å². The van der Waals surface area contributed by atoms with E-state index in [9.17, 15) is 13.2 Å². The van der Waals surface area contributed by atoms with Crippen molar-refractivity contribution in [2.24, 2.45) is 0 Å². The minimum Gasteiger partial charge on any atom is -0.428 e. The number of ether oxygens (including phenoxy) is 1. The van der Waals surface area contributed by atoms with Crippen LogP contribution in [0.25, 0.3) is 0 Å². The first kappa shape index (κ1) is 12.6. The molecule has 0 saturated carbocycles. The van der Waals surface area contributed by atoms with Crippen LogP contribution in [0.2, 0.25) is 0 Å². The normalized spacial score (nSPS) is 11.6. The van der Waals surface area contributed by atoms with Gasteiger partial charge in [0, 0.05) is 0 Å². The lowest BCUT2D eigenvalue weighted by atomic mass is 10.2. The summed E-state index contributed by atoms with van der Waals surface area (Å²) in [6.07, 6.45) is -4.42. The second-order valence-electron chi connectivity index (χ2n) is 3.44. The van der Waals surface area contributed by atoms with E-state index in [-0.39, 0.29) is 16.6 Å². The van der Waals surface area contributed by atoms with Crippen LogP contribution in [-0.2, 0) is 6.18 Å². The number of aromatic nitrogens is 2. The van der Waals surface area contributed by atoms with Gasteiger partial charge < -0.3 is 10.5 Å². The predicted octanol–water partition coefficient (Wildman–Crippen LogP) is 3.24. The second kappa shape index (κ2) is 4.45. The van der Waals surface area contributed by atoms with Crippen LogP contribution in [0.1, 0.15) is 10.6 Å². The Labute approximate surface area is 104 Å². The third kappa shape index (κ3) is 2.70. The number of benzene rings is 1. The number of anilines is 1. The van der Waals surface area contributed by atoms with Gasteiger partial charge in [-0.05, 0) is 25.1 Å². The Bertz CT molecular complexity index is 568. The van der Waals surface area contributed by atoms with Gasteiger partial charge in [-0.25, -0.2) is 0 Å². The third-order valence-corrected chi connectivity index (χ3v) is 2.76. The van der Waals surface area contributed by atoms with Crippen molar-refractivity contribution in [2.75, 3.05) is 5.73 Å². The molecule has 0 aliphatic heterocycles. The van der Waals surface area contributed by atoms with Crippen molar-refractivity contribution in [3.05, 3.63) is 28.8 Å². The number of hydrogen-bond acceptors (Lipinski definition) is 5. The summed E-state index contributed by atoms with van der Waals surface area (Å²) in [6.45, 7) is 1.74. The maximum absolute atomic E-state index is 12.4. The molecule has 1 heterocycles. The van der Waals surface area contributed by atoms with Gasteiger partial charge in [-0.1, -0.05) is 16.4 Å². The van der Waals surface area contributed by atoms with Gasteiger partial charge in [0.15, 0.2) is 5.75 Å². The topological polar surface area (TPSA) is 61.0 Å². The fraction of sp³-hybridized carbons (Fsp3) is 0.200. The van der Waals surface area contributed by atoms with Crippen molar-refractivity contribution in [3.63, 3.8) is 0 Å². The molecule has 18 heavy (non-hydrogen) atoms. The van der Waals surface area contributed by atoms with Gasteiger partial charge >= 0.3 is 6.18 Å². The van der Waals surface area contributed by atoms with Gasteiger partial charge in [-0.2, -0.15) is 13.2 Å². The zero-order valence-electron chi connectivity index (χ0n) is 9.15. The van der Waals surface area contributed by atoms with Crippen molar-refractivity contribution in [2.45, 2.75) is 13.1 Å². The van der Waals surface area contributed by atoms with Crippen molar-refractivity contribution in [3.8, 4) is 10.9 Å². The van der Waals surface area contributed by atoms with Crippen LogP contribution < -0.4 is 10.5 Å². The number of aryl methyl sites for hydroxylation is 1. The first-order chi connectivity index (χ1) is 8.36. The summed E-state index contributed by atoms with van der Waals surface area (Å²) in [5.41, 5.74) is 4.59. The number of nitrogens with two attached hydrogens (primary N) is 1. The van der Waals surface area contributed by atoms with Crippen molar-refractivity contribution < 1.29 is 17.9 Å². The Morgan fingerprint density at radius 2 is 2.00 bits per heavy atom. The monoisotopic (exact) mass is 275 g/mol. The lowest BCUT2D eigenvalue weighted by molar-refractivity contribution is -0.137. The molecule has 0 unspecified atom stereocenters. The molecule has 1 aromatic carbocycles. The standard InChI is InChI=1S/C10H8F3N3OS/c1-5-15-16-9(18-5)17-8-3-2-6(4-7(8)14)10(11,12)13/h2-4H,14H2,1H3. The Morgan fingerprint density at radius 3 is 2.50 bits per heavy atom. The van der Waals surface area contributed by atoms with Crippen LogP contribution in [0.5, 0.6) is 10.9 Å². The first-order valence-corrected chi connectivity index (χ1v) is 5.62. The molecule has 2 aromatic rings. The van der Waals surface area contributed by atoms with Gasteiger partial charge in [0.2, 0.25) is 0 Å². The Kier molecular flexibility index (Phi) is 3.12. The quantitative estimate of drug-likeness (QED) is 0.855. The summed E-state index contributed by atoms with van der Waals surface area (Å²) in [6, 6.07) is 2.89. The molecule has 0 atom stereocenters. The van der Waals surface area contributed by atoms with E-state index in [1.165, 1.54) is 11.3 Å². The average Bonchev–Trinajstić information content (AvgIpc) is 2.65. The molecular weight excluding hydrogens is 267 g/mol. The van der Waals surface area contributed by atoms with Gasteiger partial charge in [0.05, 0.1) is 11.3 Å². The van der Waals surface area contributed by atoms with Crippen LogP contribution in [0.15, 0.2) is 18.2 Å². The highest BCUT2D eigenvalue weighted by molar-refractivity contribution is 7.13. The van der Waals surface area contributed by atoms with E-state index in [1.807, 2.05) is 0 Å². The molecule has 96 valence electrons. The fourth-order valence-electron chi connectivity index (χ4n) is 1.23. The molecule has 0 spiro atoms. The van der Waals surface area contributed by atoms with E-state index in [2.05, 4.69) is 10.2 Å². The molecular formula is C10H8F3N3OS. The predicted molar refractivity (Wildman–Crippen MR) is 60.6 cm³/mol. The van der Waals surface area contributed by atoms with E-state index < -0.39 is 11.7 Å². The highest BCUT2D eigenvalue weighted by Gasteiger charge is 2.31. The molecule has 0 bridgehead atoms. The molecule has 2 rings (SSSR count). The molecule has 1 aromatic heterocycles. The van der Waals surface area contributed by atoms with Crippen LogP contribution in [-0.4, -0.2) is 10.2 Å². The van der Waals surface area contributed by atoms with E-state index in [4.69, 9.17) is 10.5 Å². The number of alkyl halides is 3. The highest BCUT2D eigenvalue weighted by Crippen LogP contribution is 2.35. The van der Waals surface area contributed by atoms with Gasteiger partial charge in [0.25, 0.3) is 5.19 Å². The van der Waals surface area contributed by atoms with Crippen LogP contribution >= 0.6 is 11.3 Å². The first-order valence-electron chi connectivity index (χ1n) is 4.81. The second-order valence-corrected chi connectivity index (χ2v) is 4.58. The molecule has 0 radical (unpaired) electrons. The summed E-state index contributed by atoms with van der Waals surface area (Å²) in [4.78, 5) is 0. The van der Waals surface area contributed by atoms with Gasteiger partial charge in [0.1, 0.15) is 5.01 Å². The van der Waals surface area contributed by atoms with E-state index >= 15 is 0 Å². The SMILES string of the molecule is Cc1nnc(Oc2ccc(C(F)(F)F)cc2N)s1. The molecule has 0 aliphatic rings. The molecule has 0 saturated heterocycles. The average molecular weight is 275 g/mol. The number of nitrogen functional groups attached to an aromatic ring is 1. The highest BCUT2D eigenvalue weighted by atomic mass is 32.1. The van der Waals surface area contributed by atoms with E-state index in [0.29, 0.717) is 5.01 Å². The molecule has 0 amide bonds. The zero-order valence-corrected chi connectivity index (χ0v) is 9.97. The van der Waals surface area contributed by atoms with Crippen molar-refractivity contribution in [1.29, 1.82) is 0 Å². The summed E-state index contributed by atoms with van der Waals surface area (Å²) >= 11 is 1.18. The van der Waals surface area contributed by atoms with Crippen LogP contribution in [0, 0.1) is 6.92 Å². The largest absolute Gasteiger partial charge is 0.428 e. The van der Waals surface area contributed by atoms with Crippen LogP contribution in [0.3, 0.4) is 0 Å². The van der Waals surface area contributed by atoms with Crippen LogP contribution in [0.4, 0.5) is 18.9 Å². The minimum atomic E-state index is -4.42. The van der Waals surface area contributed by atoms with Gasteiger partial charge in [-0.3, -0.25) is 0 Å². The van der Waals surface area contributed by atoms with E-state index in [1.54, 1.807) is 6.92 Å². The molecule has 8 heteroatoms. The van der Waals surface area contributed by atoms with E-state index in [0.717, 1.165) is 18.2 Å². The molecule has 4 nitrogen and oxygen atoms in total. The summed E-state index contributed by atoms with van der Waals surface area (Å²) in [5, 5.41) is 8.34. The summed E-state index contributed by atoms with van der Waals surface area (Å²) in [7, 11) is 0. The summed E-state index contributed by atoms with van der Waals surface area (Å²) in [5.74, 6) is 0.124. The summed E-state index contributed by atoms with van der Waals surface area (Å²) < 4.78 is 42.5. The molecule has 0 fully saturated rings. The lowest BCUT2D eigenvalue weighted by Crippen LogP contribution is -2.05. The molecule has 0 aliphatic carbocycles. The molecule has 2 N–H and O–H groups in total. The number of hydrogen-bond donors (Lipinski definition) is 1. The Hall–Kier alpha value is -1.83. The Morgan fingerprint density at radius 1 is 1.28 bits per heavy atom. The number of halogens is 3. The maximum Gasteiger partial charge on any atom is 0.416 e. The maximum atomic E-state index is 12.4. The third-order valence-electron chi connectivity index (χ3n) is 2.04. The number of nitrogens with zero attached hydrogens (tertiary/aromatic N) is 2.